The zero-order valence-electron chi connectivity index (χ0n) is 30.3. The van der Waals surface area contributed by atoms with Crippen molar-refractivity contribution >= 4 is 0 Å². The van der Waals surface area contributed by atoms with Gasteiger partial charge in [-0.25, -0.2) is 0 Å². The van der Waals surface area contributed by atoms with Crippen molar-refractivity contribution in [2.45, 2.75) is 168 Å². The first-order chi connectivity index (χ1) is 22.4. The highest BCUT2D eigenvalue weighted by atomic mass is 16.5. The van der Waals surface area contributed by atoms with E-state index in [0.717, 1.165) is 52.4 Å². The van der Waals surface area contributed by atoms with Gasteiger partial charge in [0.15, 0.2) is 0 Å². The van der Waals surface area contributed by atoms with Crippen molar-refractivity contribution in [3.05, 3.63) is 48.6 Å². The molecule has 1 heterocycles. The zero-order valence-corrected chi connectivity index (χ0v) is 30.3. The average Bonchev–Trinajstić information content (AvgIpc) is 3.50. The molecule has 0 spiro atoms. The van der Waals surface area contributed by atoms with Crippen LogP contribution in [0.15, 0.2) is 48.6 Å². The fourth-order valence-electron chi connectivity index (χ4n) is 6.03. The Labute approximate surface area is 282 Å². The minimum atomic E-state index is 0.616. The summed E-state index contributed by atoms with van der Waals surface area (Å²) >= 11 is 0. The van der Waals surface area contributed by atoms with Crippen LogP contribution in [0, 0.1) is 11.8 Å². The van der Waals surface area contributed by atoms with Gasteiger partial charge in [-0.05, 0) is 77.0 Å². The number of nitrogens with one attached hydrogen (secondary N) is 1. The number of hydrogen-bond acceptors (Lipinski definition) is 3. The molecule has 0 saturated carbocycles. The molecule has 0 bridgehead atoms. The lowest BCUT2D eigenvalue weighted by Crippen LogP contribution is -2.23. The lowest BCUT2D eigenvalue weighted by Gasteiger charge is -2.18. The number of ether oxygens (including phenoxy) is 2. The second-order valence-corrected chi connectivity index (χ2v) is 13.5. The topological polar surface area (TPSA) is 30.5 Å². The third-order valence-electron chi connectivity index (χ3n) is 9.12. The summed E-state index contributed by atoms with van der Waals surface area (Å²) in [7, 11) is 0. The van der Waals surface area contributed by atoms with E-state index in [9.17, 15) is 0 Å². The predicted molar refractivity (Wildman–Crippen MR) is 200 cm³/mol. The maximum atomic E-state index is 6.09. The van der Waals surface area contributed by atoms with Crippen LogP contribution in [0.2, 0.25) is 0 Å². The van der Waals surface area contributed by atoms with Crippen molar-refractivity contribution in [1.29, 1.82) is 0 Å². The normalized spacial score (nSPS) is 17.4. The molecule has 0 aromatic heterocycles. The molecule has 1 aliphatic rings. The third kappa shape index (κ3) is 30.0. The predicted octanol–water partition coefficient (Wildman–Crippen LogP) is 12.5. The van der Waals surface area contributed by atoms with E-state index in [4.69, 9.17) is 9.47 Å². The van der Waals surface area contributed by atoms with Crippen LogP contribution in [0.25, 0.3) is 0 Å². The Morgan fingerprint density at radius 3 is 1.13 bits per heavy atom. The molecule has 3 nitrogen and oxygen atoms in total. The van der Waals surface area contributed by atoms with Gasteiger partial charge in [-0.15, -0.1) is 0 Å². The van der Waals surface area contributed by atoms with Crippen molar-refractivity contribution in [3.63, 3.8) is 0 Å². The molecule has 1 saturated heterocycles. The van der Waals surface area contributed by atoms with Crippen LogP contribution in [0.3, 0.4) is 0 Å². The van der Waals surface area contributed by atoms with Gasteiger partial charge < -0.3 is 14.8 Å². The second kappa shape index (κ2) is 35.7. The van der Waals surface area contributed by atoms with Crippen LogP contribution in [0.4, 0.5) is 0 Å². The van der Waals surface area contributed by atoms with Gasteiger partial charge in [0, 0.05) is 38.1 Å². The number of allylic oxidation sites excluding steroid dienone is 8. The van der Waals surface area contributed by atoms with Crippen LogP contribution in [0.5, 0.6) is 0 Å². The Balaban J connectivity index is 1.83. The number of hydrogen-bond donors (Lipinski definition) is 1. The van der Waals surface area contributed by atoms with Gasteiger partial charge in [0.05, 0.1) is 13.2 Å². The first-order valence-corrected chi connectivity index (χ1v) is 19.8. The maximum Gasteiger partial charge on any atom is 0.0510 e. The van der Waals surface area contributed by atoms with Crippen molar-refractivity contribution in [1.82, 2.24) is 5.32 Å². The van der Waals surface area contributed by atoms with Crippen molar-refractivity contribution < 1.29 is 9.47 Å². The second-order valence-electron chi connectivity index (χ2n) is 13.5. The van der Waals surface area contributed by atoms with Crippen molar-refractivity contribution in [2.75, 3.05) is 39.5 Å². The maximum absolute atomic E-state index is 6.09. The SMILES string of the molecule is CCCCC/C=C\C/C=C\CCCCCCCCOC[C@H]1CNC[C@@H]1COCCCCCCCC/C=C\C/C=C\CCCCC. The minimum absolute atomic E-state index is 0.616. The summed E-state index contributed by atoms with van der Waals surface area (Å²) in [6.45, 7) is 10.3. The van der Waals surface area contributed by atoms with Gasteiger partial charge in [-0.3, -0.25) is 0 Å². The fraction of sp³-hybridized carbons (Fsp3) is 0.810. The van der Waals surface area contributed by atoms with Crippen LogP contribution in [-0.4, -0.2) is 39.5 Å². The van der Waals surface area contributed by atoms with Crippen molar-refractivity contribution in [3.8, 4) is 0 Å². The summed E-state index contributed by atoms with van der Waals surface area (Å²) in [5.41, 5.74) is 0. The van der Waals surface area contributed by atoms with Gasteiger partial charge in [-0.2, -0.15) is 0 Å². The summed E-state index contributed by atoms with van der Waals surface area (Å²) < 4.78 is 12.2. The minimum Gasteiger partial charge on any atom is -0.381 e. The molecule has 1 aliphatic heterocycles. The number of unbranched alkanes of at least 4 members (excludes halogenated alkanes) is 18. The molecule has 1 fully saturated rings. The molecule has 2 atom stereocenters. The Hall–Kier alpha value is -1.16. The average molecular weight is 628 g/mol. The van der Waals surface area contributed by atoms with Crippen molar-refractivity contribution in [2.24, 2.45) is 11.8 Å². The molecular formula is C42H77NO2. The van der Waals surface area contributed by atoms with Gasteiger partial charge in [0.25, 0.3) is 0 Å². The Morgan fingerprint density at radius 2 is 0.756 bits per heavy atom. The molecule has 0 aromatic rings. The van der Waals surface area contributed by atoms with Gasteiger partial charge in [0.2, 0.25) is 0 Å². The summed E-state index contributed by atoms with van der Waals surface area (Å²) in [6.07, 6.45) is 49.9. The Bertz CT molecular complexity index is 639. The molecule has 0 aromatic carbocycles. The highest BCUT2D eigenvalue weighted by Gasteiger charge is 2.27. The molecule has 0 amide bonds. The van der Waals surface area contributed by atoms with Gasteiger partial charge in [0.1, 0.15) is 0 Å². The van der Waals surface area contributed by atoms with E-state index in [1.165, 1.54) is 141 Å². The summed E-state index contributed by atoms with van der Waals surface area (Å²) in [6, 6.07) is 0. The lowest BCUT2D eigenvalue weighted by atomic mass is 9.98. The Kier molecular flexibility index (Phi) is 33.2. The molecule has 0 aliphatic carbocycles. The smallest absolute Gasteiger partial charge is 0.0510 e. The summed E-state index contributed by atoms with van der Waals surface area (Å²) in [4.78, 5) is 0. The van der Waals surface area contributed by atoms with E-state index in [2.05, 4.69) is 67.8 Å². The summed E-state index contributed by atoms with van der Waals surface area (Å²) in [5.74, 6) is 1.23. The monoisotopic (exact) mass is 628 g/mol. The quantitative estimate of drug-likeness (QED) is 0.0569. The molecule has 45 heavy (non-hydrogen) atoms. The van der Waals surface area contributed by atoms with E-state index in [1.807, 2.05) is 0 Å². The highest BCUT2D eigenvalue weighted by molar-refractivity contribution is 4.93. The zero-order chi connectivity index (χ0) is 32.1. The van der Waals surface area contributed by atoms with E-state index in [1.54, 1.807) is 0 Å². The lowest BCUT2D eigenvalue weighted by molar-refractivity contribution is 0.0482. The van der Waals surface area contributed by atoms with Crippen LogP contribution in [-0.2, 0) is 9.47 Å². The third-order valence-corrected chi connectivity index (χ3v) is 9.12. The highest BCUT2D eigenvalue weighted by Crippen LogP contribution is 2.18. The largest absolute Gasteiger partial charge is 0.381 e. The molecular weight excluding hydrogens is 550 g/mol. The van der Waals surface area contributed by atoms with Crippen LogP contribution < -0.4 is 5.32 Å². The molecule has 0 unspecified atom stereocenters. The molecule has 0 radical (unpaired) electrons. The fourth-order valence-corrected chi connectivity index (χ4v) is 6.03. The van der Waals surface area contributed by atoms with E-state index < -0.39 is 0 Å². The summed E-state index contributed by atoms with van der Waals surface area (Å²) in [5, 5.41) is 3.56. The molecule has 1 rings (SSSR count). The van der Waals surface area contributed by atoms with E-state index in [0.29, 0.717) is 11.8 Å². The first kappa shape index (κ1) is 41.9. The molecule has 3 heteroatoms. The molecule has 262 valence electrons. The Morgan fingerprint density at radius 1 is 0.422 bits per heavy atom. The van der Waals surface area contributed by atoms with Crippen LogP contribution in [0.1, 0.15) is 168 Å². The van der Waals surface area contributed by atoms with Crippen LogP contribution >= 0.6 is 0 Å². The van der Waals surface area contributed by atoms with E-state index in [-0.39, 0.29) is 0 Å². The standard InChI is InChI=1S/C42H77NO2/c1-3-5-7-9-11-13-15-17-19-21-23-25-27-29-31-33-35-44-39-41-37-43-38-42(41)40-45-36-34-32-30-28-26-24-22-20-18-16-14-12-10-8-6-4-2/h11-14,17-20,41-43H,3-10,15-16,21-40H2,1-2H3/b13-11-,14-12-,19-17-,20-18-/t41-,42-/m1/s1. The van der Waals surface area contributed by atoms with Gasteiger partial charge >= 0.3 is 0 Å². The first-order valence-electron chi connectivity index (χ1n) is 19.8. The van der Waals surface area contributed by atoms with E-state index >= 15 is 0 Å². The number of rotatable bonds is 34. The molecule has 1 N–H and O–H groups in total. The van der Waals surface area contributed by atoms with Gasteiger partial charge in [-0.1, -0.05) is 140 Å².